The quantitative estimate of drug-likeness (QED) is 0.480. The number of aromatic nitrogens is 3. The van der Waals surface area contributed by atoms with Gasteiger partial charge in [0.1, 0.15) is 24.2 Å². The number of halogens is 2. The molecule has 0 spiro atoms. The molecular formula is C23H26Cl2N4O5. The fraction of sp³-hybridized carbons (Fsp3) is 0.478. The smallest absolute Gasteiger partial charge is 0.164 e. The van der Waals surface area contributed by atoms with Gasteiger partial charge in [0.05, 0.1) is 34.7 Å². The van der Waals surface area contributed by atoms with Crippen molar-refractivity contribution in [3.05, 3.63) is 52.4 Å². The highest BCUT2D eigenvalue weighted by Crippen LogP contribution is 2.43. The average molecular weight is 509 g/mol. The van der Waals surface area contributed by atoms with Gasteiger partial charge in [-0.15, -0.1) is 0 Å². The molecule has 0 aliphatic carbocycles. The lowest BCUT2D eigenvalue weighted by atomic mass is 9.99. The van der Waals surface area contributed by atoms with E-state index in [-0.39, 0.29) is 6.10 Å². The molecule has 3 aromatic rings. The van der Waals surface area contributed by atoms with E-state index in [9.17, 15) is 5.11 Å². The third-order valence-corrected chi connectivity index (χ3v) is 6.91. The fourth-order valence-electron chi connectivity index (χ4n) is 4.70. The molecule has 2 fully saturated rings. The minimum Gasteiger partial charge on any atom is -0.386 e. The molecule has 5 rings (SSSR count). The number of hydrogen-bond acceptors (Lipinski definition) is 8. The summed E-state index contributed by atoms with van der Waals surface area (Å²) in [4.78, 5) is 13.8. The van der Waals surface area contributed by atoms with Crippen molar-refractivity contribution >= 4 is 40.1 Å². The van der Waals surface area contributed by atoms with Crippen LogP contribution in [-0.2, 0) is 19.0 Å². The summed E-state index contributed by atoms with van der Waals surface area (Å²) in [6, 6.07) is 6.96. The Bertz CT molecular complexity index is 1190. The van der Waals surface area contributed by atoms with Gasteiger partial charge < -0.3 is 23.9 Å². The molecule has 0 unspecified atom stereocenters. The van der Waals surface area contributed by atoms with Crippen LogP contribution in [0, 0.1) is 0 Å². The molecule has 0 saturated carbocycles. The van der Waals surface area contributed by atoms with Crippen LogP contribution in [-0.4, -0.2) is 50.9 Å². The van der Waals surface area contributed by atoms with Crippen molar-refractivity contribution in [1.29, 1.82) is 0 Å². The maximum absolute atomic E-state index is 11.2. The van der Waals surface area contributed by atoms with E-state index >= 15 is 0 Å². The van der Waals surface area contributed by atoms with Crippen LogP contribution >= 0.6 is 23.2 Å². The summed E-state index contributed by atoms with van der Waals surface area (Å²) in [7, 11) is 1.52. The lowest BCUT2D eigenvalue weighted by Crippen LogP contribution is -2.35. The number of hydrogen-bond donors (Lipinski definition) is 2. The number of aliphatic hydroxyl groups is 1. The summed E-state index contributed by atoms with van der Waals surface area (Å²) in [5.74, 6) is -0.222. The van der Waals surface area contributed by atoms with E-state index in [4.69, 9.17) is 42.3 Å². The van der Waals surface area contributed by atoms with E-state index < -0.39 is 30.3 Å². The first-order valence-electron chi connectivity index (χ1n) is 11.0. The second-order valence-corrected chi connectivity index (χ2v) is 9.70. The first-order valence-corrected chi connectivity index (χ1v) is 11.8. The zero-order chi connectivity index (χ0) is 24.0. The van der Waals surface area contributed by atoms with Gasteiger partial charge in [0.25, 0.3) is 0 Å². The molecule has 5 atom stereocenters. The van der Waals surface area contributed by atoms with E-state index in [2.05, 4.69) is 15.4 Å². The summed E-state index contributed by atoms with van der Waals surface area (Å²) in [5.41, 5.74) is 4.03. The van der Waals surface area contributed by atoms with Gasteiger partial charge in [-0.3, -0.25) is 4.84 Å². The SMILES string of the molecule is CONc1ncnc2c1ccn2[C@@H]1O[C@H]([C@H](O)c2ccc(Cl)c(Cl)c2)CC[C@@H]2OC(C)(C)O[C@H]21. The zero-order valence-electron chi connectivity index (χ0n) is 18.9. The largest absolute Gasteiger partial charge is 0.386 e. The molecule has 0 radical (unpaired) electrons. The fourth-order valence-corrected chi connectivity index (χ4v) is 5.01. The highest BCUT2D eigenvalue weighted by Gasteiger charge is 2.49. The van der Waals surface area contributed by atoms with Gasteiger partial charge >= 0.3 is 0 Å². The summed E-state index contributed by atoms with van der Waals surface area (Å²) in [6.07, 6.45) is 1.82. The van der Waals surface area contributed by atoms with Crippen molar-refractivity contribution in [3.63, 3.8) is 0 Å². The molecule has 1 aromatic carbocycles. The molecule has 11 heteroatoms. The highest BCUT2D eigenvalue weighted by atomic mass is 35.5. The maximum atomic E-state index is 11.2. The van der Waals surface area contributed by atoms with Crippen LogP contribution in [0.25, 0.3) is 11.0 Å². The number of fused-ring (bicyclic) bond motifs is 2. The van der Waals surface area contributed by atoms with Crippen molar-refractivity contribution in [2.75, 3.05) is 12.6 Å². The Morgan fingerprint density at radius 2 is 2.00 bits per heavy atom. The Morgan fingerprint density at radius 3 is 2.76 bits per heavy atom. The van der Waals surface area contributed by atoms with Crippen LogP contribution in [0.15, 0.2) is 36.8 Å². The van der Waals surface area contributed by atoms with Gasteiger partial charge in [-0.05, 0) is 50.5 Å². The third kappa shape index (κ3) is 4.37. The molecule has 2 aliphatic heterocycles. The molecule has 9 nitrogen and oxygen atoms in total. The monoisotopic (exact) mass is 508 g/mol. The Kier molecular flexibility index (Phi) is 6.45. The average Bonchev–Trinajstić information content (AvgIpc) is 3.32. The number of rotatable bonds is 5. The molecule has 0 bridgehead atoms. The van der Waals surface area contributed by atoms with Gasteiger partial charge in [-0.2, -0.15) is 0 Å². The summed E-state index contributed by atoms with van der Waals surface area (Å²) < 4.78 is 21.0. The molecule has 0 amide bonds. The summed E-state index contributed by atoms with van der Waals surface area (Å²) in [6.45, 7) is 3.77. The first-order chi connectivity index (χ1) is 16.3. The lowest BCUT2D eigenvalue weighted by Gasteiger charge is -2.30. The summed E-state index contributed by atoms with van der Waals surface area (Å²) >= 11 is 12.3. The minimum absolute atomic E-state index is 0.220. The van der Waals surface area contributed by atoms with Crippen molar-refractivity contribution in [2.24, 2.45) is 0 Å². The Labute approximate surface area is 206 Å². The molecule has 34 heavy (non-hydrogen) atoms. The van der Waals surface area contributed by atoms with Gasteiger partial charge in [-0.25, -0.2) is 15.4 Å². The topological polar surface area (TPSA) is 99.9 Å². The van der Waals surface area contributed by atoms with Crippen LogP contribution in [0.3, 0.4) is 0 Å². The van der Waals surface area contributed by atoms with Crippen molar-refractivity contribution < 1.29 is 24.2 Å². The minimum atomic E-state index is -0.925. The van der Waals surface area contributed by atoms with Crippen molar-refractivity contribution in [3.8, 4) is 0 Å². The molecule has 182 valence electrons. The number of nitrogens with zero attached hydrogens (tertiary/aromatic N) is 3. The first kappa shape index (κ1) is 23.7. The summed E-state index contributed by atoms with van der Waals surface area (Å²) in [5, 5.41) is 12.8. The van der Waals surface area contributed by atoms with E-state index in [0.29, 0.717) is 39.9 Å². The Hall–Kier alpha value is -1.98. The molecule has 2 aliphatic rings. The van der Waals surface area contributed by atoms with Crippen LogP contribution in [0.5, 0.6) is 0 Å². The molecule has 4 heterocycles. The van der Waals surface area contributed by atoms with Crippen LogP contribution < -0.4 is 5.48 Å². The molecule has 2 aromatic heterocycles. The van der Waals surface area contributed by atoms with Gasteiger partial charge in [0.2, 0.25) is 0 Å². The number of benzene rings is 1. The zero-order valence-corrected chi connectivity index (χ0v) is 20.5. The third-order valence-electron chi connectivity index (χ3n) is 6.17. The highest BCUT2D eigenvalue weighted by molar-refractivity contribution is 6.42. The van der Waals surface area contributed by atoms with E-state index in [1.54, 1.807) is 18.2 Å². The predicted molar refractivity (Wildman–Crippen MR) is 127 cm³/mol. The standard InChI is InChI=1S/C23H26Cl2N4O5/c1-23(2)33-17-7-6-16(18(30)12-4-5-14(24)15(25)10-12)32-22(19(17)34-23)29-9-8-13-20(28-31-3)26-11-27-21(13)29/h4-5,8-11,16-19,22,30H,6-7H2,1-3H3,(H,26,27,28)/t16-,17-,18+,19+,22+/m0/s1. The molecule has 2 N–H and O–H groups in total. The van der Waals surface area contributed by atoms with E-state index in [0.717, 1.165) is 5.39 Å². The van der Waals surface area contributed by atoms with Crippen molar-refractivity contribution in [1.82, 2.24) is 14.5 Å². The molecule has 2 saturated heterocycles. The van der Waals surface area contributed by atoms with Gasteiger partial charge in [-0.1, -0.05) is 29.3 Å². The Morgan fingerprint density at radius 1 is 1.18 bits per heavy atom. The molecular weight excluding hydrogens is 483 g/mol. The number of nitrogens with one attached hydrogen (secondary N) is 1. The predicted octanol–water partition coefficient (Wildman–Crippen LogP) is 4.64. The van der Waals surface area contributed by atoms with Gasteiger partial charge in [0, 0.05) is 6.20 Å². The van der Waals surface area contributed by atoms with Crippen LogP contribution in [0.4, 0.5) is 5.82 Å². The lowest BCUT2D eigenvalue weighted by molar-refractivity contribution is -0.190. The second-order valence-electron chi connectivity index (χ2n) is 8.89. The van der Waals surface area contributed by atoms with E-state index in [1.165, 1.54) is 13.4 Å². The van der Waals surface area contributed by atoms with Crippen molar-refractivity contribution in [2.45, 2.75) is 63.1 Å². The van der Waals surface area contributed by atoms with Crippen LogP contribution in [0.2, 0.25) is 10.0 Å². The van der Waals surface area contributed by atoms with E-state index in [1.807, 2.05) is 30.7 Å². The number of anilines is 1. The second kappa shape index (κ2) is 9.23. The maximum Gasteiger partial charge on any atom is 0.164 e. The Balaban J connectivity index is 1.53. The van der Waals surface area contributed by atoms with Crippen LogP contribution in [0.1, 0.15) is 44.6 Å². The normalized spacial score (nSPS) is 27.4. The number of aliphatic hydroxyl groups excluding tert-OH is 1. The number of ether oxygens (including phenoxy) is 3. The van der Waals surface area contributed by atoms with Gasteiger partial charge in [0.15, 0.2) is 17.8 Å².